The topological polar surface area (TPSA) is 116 Å². The van der Waals surface area contributed by atoms with E-state index < -0.39 is 26.5 Å². The molecule has 9 heteroatoms. The summed E-state index contributed by atoms with van der Waals surface area (Å²) in [4.78, 5) is 22.6. The largest absolute Gasteiger partial charge is 0.468 e. The summed E-state index contributed by atoms with van der Waals surface area (Å²) in [5.74, 6) is -0.624. The fourth-order valence-electron chi connectivity index (χ4n) is 3.28. The Morgan fingerprint density at radius 3 is 2.36 bits per heavy atom. The molecule has 0 atom stereocenters. The van der Waals surface area contributed by atoms with Gasteiger partial charge in [0.2, 0.25) is 10.0 Å². The molecule has 1 aliphatic rings. The van der Waals surface area contributed by atoms with Crippen molar-refractivity contribution in [2.24, 2.45) is 0 Å². The minimum absolute atomic E-state index is 0.0358. The van der Waals surface area contributed by atoms with E-state index in [-0.39, 0.29) is 16.1 Å². The smallest absolute Gasteiger partial charge is 0.327 e. The monoisotopic (exact) mass is 370 g/mol. The molecule has 1 aromatic rings. The molecule has 0 heterocycles. The SMILES string of the molecule is COC(=O)C1(NS(=O)(=O)c2cccc([N+](=O)[O-])c2C)CCCCCC1. The number of ether oxygens (including phenoxy) is 1. The molecule has 0 spiro atoms. The van der Waals surface area contributed by atoms with Gasteiger partial charge in [-0.25, -0.2) is 8.42 Å². The van der Waals surface area contributed by atoms with Gasteiger partial charge in [-0.3, -0.25) is 14.9 Å². The summed E-state index contributed by atoms with van der Waals surface area (Å²) in [5.41, 5.74) is -1.58. The van der Waals surface area contributed by atoms with Crippen LogP contribution in [0.5, 0.6) is 0 Å². The summed E-state index contributed by atoms with van der Waals surface area (Å²) < 4.78 is 33.1. The van der Waals surface area contributed by atoms with E-state index in [2.05, 4.69) is 4.72 Å². The third kappa shape index (κ3) is 3.98. The number of carbonyl (C=O) groups excluding carboxylic acids is 1. The van der Waals surface area contributed by atoms with Crippen molar-refractivity contribution < 1.29 is 22.9 Å². The molecule has 0 saturated heterocycles. The quantitative estimate of drug-likeness (QED) is 0.368. The van der Waals surface area contributed by atoms with E-state index in [9.17, 15) is 23.3 Å². The van der Waals surface area contributed by atoms with Gasteiger partial charge in [0, 0.05) is 11.6 Å². The highest BCUT2D eigenvalue weighted by atomic mass is 32.2. The fourth-order valence-corrected chi connectivity index (χ4v) is 4.96. The highest BCUT2D eigenvalue weighted by Crippen LogP contribution is 2.32. The van der Waals surface area contributed by atoms with Crippen LogP contribution >= 0.6 is 0 Å². The van der Waals surface area contributed by atoms with E-state index in [1.807, 2.05) is 0 Å². The lowest BCUT2D eigenvalue weighted by Crippen LogP contribution is -2.54. The maximum Gasteiger partial charge on any atom is 0.327 e. The van der Waals surface area contributed by atoms with Crippen molar-refractivity contribution in [2.45, 2.75) is 55.9 Å². The molecule has 2 rings (SSSR count). The number of rotatable bonds is 5. The van der Waals surface area contributed by atoms with Gasteiger partial charge in [-0.1, -0.05) is 31.7 Å². The molecule has 0 radical (unpaired) electrons. The second-order valence-corrected chi connectivity index (χ2v) is 7.90. The van der Waals surface area contributed by atoms with E-state index in [4.69, 9.17) is 4.74 Å². The first-order chi connectivity index (χ1) is 11.7. The van der Waals surface area contributed by atoms with Crippen molar-refractivity contribution in [3.05, 3.63) is 33.9 Å². The van der Waals surface area contributed by atoms with Gasteiger partial charge in [-0.05, 0) is 25.8 Å². The number of nitrogens with one attached hydrogen (secondary N) is 1. The Morgan fingerprint density at radius 1 is 1.24 bits per heavy atom. The number of hydrogen-bond acceptors (Lipinski definition) is 6. The lowest BCUT2D eigenvalue weighted by Gasteiger charge is -2.30. The fraction of sp³-hybridized carbons (Fsp3) is 0.562. The molecule has 0 bridgehead atoms. The van der Waals surface area contributed by atoms with Gasteiger partial charge in [0.25, 0.3) is 5.69 Å². The molecule has 1 aliphatic carbocycles. The Kier molecular flexibility index (Phi) is 5.79. The number of nitrogens with zero attached hydrogens (tertiary/aromatic N) is 1. The third-order valence-corrected chi connectivity index (χ3v) is 6.29. The van der Waals surface area contributed by atoms with Crippen LogP contribution in [0.1, 0.15) is 44.1 Å². The summed E-state index contributed by atoms with van der Waals surface area (Å²) in [6, 6.07) is 3.86. The number of benzene rings is 1. The zero-order valence-corrected chi connectivity index (χ0v) is 15.1. The minimum Gasteiger partial charge on any atom is -0.468 e. The zero-order chi connectivity index (χ0) is 18.7. The Balaban J connectivity index is 2.46. The second-order valence-electron chi connectivity index (χ2n) is 6.25. The van der Waals surface area contributed by atoms with Crippen molar-refractivity contribution >= 4 is 21.7 Å². The maximum atomic E-state index is 12.9. The summed E-state index contributed by atoms with van der Waals surface area (Å²) in [6.07, 6.45) is 3.91. The molecular weight excluding hydrogens is 348 g/mol. The van der Waals surface area contributed by atoms with Gasteiger partial charge < -0.3 is 4.74 Å². The number of nitro benzene ring substituents is 1. The lowest BCUT2D eigenvalue weighted by atomic mass is 9.92. The van der Waals surface area contributed by atoms with Gasteiger partial charge in [-0.2, -0.15) is 4.72 Å². The van der Waals surface area contributed by atoms with Crippen LogP contribution in [0.4, 0.5) is 5.69 Å². The highest BCUT2D eigenvalue weighted by Gasteiger charge is 2.44. The highest BCUT2D eigenvalue weighted by molar-refractivity contribution is 7.89. The summed E-state index contributed by atoms with van der Waals surface area (Å²) >= 11 is 0. The van der Waals surface area contributed by atoms with Crippen molar-refractivity contribution in [3.63, 3.8) is 0 Å². The molecule has 0 aromatic heterocycles. The van der Waals surface area contributed by atoms with Crippen LogP contribution in [0.2, 0.25) is 0 Å². The van der Waals surface area contributed by atoms with Gasteiger partial charge in [0.05, 0.1) is 16.9 Å². The van der Waals surface area contributed by atoms with Crippen LogP contribution in [0, 0.1) is 17.0 Å². The average Bonchev–Trinajstić information content (AvgIpc) is 2.79. The summed E-state index contributed by atoms with van der Waals surface area (Å²) in [5, 5.41) is 11.1. The average molecular weight is 370 g/mol. The first-order valence-electron chi connectivity index (χ1n) is 8.10. The van der Waals surface area contributed by atoms with Crippen LogP contribution in [0.25, 0.3) is 0 Å². The van der Waals surface area contributed by atoms with E-state index in [0.29, 0.717) is 25.7 Å². The maximum absolute atomic E-state index is 12.9. The standard InChI is InChI=1S/C16H22N2O6S/c1-12-13(18(20)21)8-7-9-14(12)25(22,23)17-16(15(19)24-2)10-5-3-4-6-11-16/h7-9,17H,3-6,10-11H2,1-2H3. The van der Waals surface area contributed by atoms with E-state index in [0.717, 1.165) is 12.8 Å². The van der Waals surface area contributed by atoms with Gasteiger partial charge in [0.15, 0.2) is 0 Å². The normalized spacial score (nSPS) is 17.5. The molecule has 0 unspecified atom stereocenters. The molecule has 0 amide bonds. The Hall–Kier alpha value is -2.00. The van der Waals surface area contributed by atoms with Crippen LogP contribution in [0.15, 0.2) is 23.1 Å². The molecule has 1 N–H and O–H groups in total. The first kappa shape index (κ1) is 19.3. The van der Waals surface area contributed by atoms with Gasteiger partial charge >= 0.3 is 5.97 Å². The predicted molar refractivity (Wildman–Crippen MR) is 90.6 cm³/mol. The van der Waals surface area contributed by atoms with Gasteiger partial charge in [0.1, 0.15) is 5.54 Å². The van der Waals surface area contributed by atoms with Gasteiger partial charge in [-0.15, -0.1) is 0 Å². The molecule has 25 heavy (non-hydrogen) atoms. The molecule has 138 valence electrons. The van der Waals surface area contributed by atoms with Crippen LogP contribution in [-0.2, 0) is 19.6 Å². The molecular formula is C16H22N2O6S. The number of esters is 1. The number of nitro groups is 1. The summed E-state index contributed by atoms with van der Waals surface area (Å²) in [7, 11) is -2.91. The van der Waals surface area contributed by atoms with E-state index >= 15 is 0 Å². The Bertz CT molecular complexity index is 767. The third-order valence-electron chi connectivity index (χ3n) is 4.60. The predicted octanol–water partition coefficient (Wildman–Crippen LogP) is 2.45. The van der Waals surface area contributed by atoms with Crippen LogP contribution in [0.3, 0.4) is 0 Å². The van der Waals surface area contributed by atoms with Crippen molar-refractivity contribution in [2.75, 3.05) is 7.11 Å². The number of hydrogen-bond donors (Lipinski definition) is 1. The second kappa shape index (κ2) is 7.49. The Labute approximate surface area is 146 Å². The lowest BCUT2D eigenvalue weighted by molar-refractivity contribution is -0.385. The van der Waals surface area contributed by atoms with E-state index in [1.165, 1.54) is 32.2 Å². The molecule has 8 nitrogen and oxygen atoms in total. The van der Waals surface area contributed by atoms with Crippen molar-refractivity contribution in [1.82, 2.24) is 4.72 Å². The Morgan fingerprint density at radius 2 is 1.84 bits per heavy atom. The van der Waals surface area contributed by atoms with Crippen LogP contribution in [-0.4, -0.2) is 32.0 Å². The molecule has 1 saturated carbocycles. The number of carbonyl (C=O) groups is 1. The van der Waals surface area contributed by atoms with Crippen molar-refractivity contribution in [1.29, 1.82) is 0 Å². The zero-order valence-electron chi connectivity index (χ0n) is 14.3. The number of sulfonamides is 1. The minimum atomic E-state index is -4.13. The number of methoxy groups -OCH3 is 1. The summed E-state index contributed by atoms with van der Waals surface area (Å²) in [6.45, 7) is 1.38. The molecule has 1 fully saturated rings. The van der Waals surface area contributed by atoms with Crippen molar-refractivity contribution in [3.8, 4) is 0 Å². The van der Waals surface area contributed by atoms with E-state index in [1.54, 1.807) is 0 Å². The first-order valence-corrected chi connectivity index (χ1v) is 9.58. The van der Waals surface area contributed by atoms with Crippen LogP contribution < -0.4 is 4.72 Å². The molecule has 0 aliphatic heterocycles. The molecule has 1 aromatic carbocycles.